The van der Waals surface area contributed by atoms with Gasteiger partial charge in [0.2, 0.25) is 5.78 Å². The lowest BCUT2D eigenvalue weighted by molar-refractivity contribution is 0.104. The van der Waals surface area contributed by atoms with Gasteiger partial charge in [-0.3, -0.25) is 4.79 Å². The summed E-state index contributed by atoms with van der Waals surface area (Å²) in [4.78, 5) is 22.4. The summed E-state index contributed by atoms with van der Waals surface area (Å²) >= 11 is 7.15. The molecule has 4 N–H and O–H groups in total. The van der Waals surface area contributed by atoms with Crippen molar-refractivity contribution < 1.29 is 20.1 Å². The van der Waals surface area contributed by atoms with Gasteiger partial charge in [-0.05, 0) is 49.4 Å². The van der Waals surface area contributed by atoms with E-state index in [-0.39, 0.29) is 29.9 Å². The summed E-state index contributed by atoms with van der Waals surface area (Å²) in [5.41, 5.74) is 1.30. The minimum Gasteiger partial charge on any atom is -0.393 e. The molecule has 2 heterocycles. The molecular formula is C23H23ClN3O4S. The van der Waals surface area contributed by atoms with Crippen molar-refractivity contribution in [2.45, 2.75) is 37.7 Å². The van der Waals surface area contributed by atoms with Crippen LogP contribution in [0.2, 0.25) is 5.02 Å². The zero-order valence-electron chi connectivity index (χ0n) is 17.1. The van der Waals surface area contributed by atoms with E-state index >= 15 is 0 Å². The third-order valence-electron chi connectivity index (χ3n) is 5.62. The Morgan fingerprint density at radius 1 is 1.34 bits per heavy atom. The second-order valence-electron chi connectivity index (χ2n) is 7.86. The number of aliphatic hydroxyl groups is 3. The van der Waals surface area contributed by atoms with Crippen molar-refractivity contribution in [1.82, 2.24) is 9.97 Å². The molecule has 4 atom stereocenters. The lowest BCUT2D eigenvalue weighted by Crippen LogP contribution is -2.20. The second kappa shape index (κ2) is 9.64. The van der Waals surface area contributed by atoms with Crippen molar-refractivity contribution in [1.29, 1.82) is 0 Å². The topological polar surface area (TPSA) is 116 Å². The number of anilines is 1. The van der Waals surface area contributed by atoms with Crippen LogP contribution >= 0.6 is 22.9 Å². The third-order valence-corrected chi connectivity index (χ3v) is 6.99. The Kier molecular flexibility index (Phi) is 6.88. The smallest absolute Gasteiger partial charge is 0.208 e. The molecule has 7 nitrogen and oxygen atoms in total. The predicted molar refractivity (Wildman–Crippen MR) is 123 cm³/mol. The van der Waals surface area contributed by atoms with E-state index in [1.165, 1.54) is 12.5 Å². The first kappa shape index (κ1) is 22.8. The number of ketones is 1. The molecule has 0 spiro atoms. The van der Waals surface area contributed by atoms with Crippen LogP contribution < -0.4 is 5.32 Å². The highest BCUT2D eigenvalue weighted by molar-refractivity contribution is 7.14. The number of carbonyl (C=O) groups excluding carboxylic acids is 1. The third kappa shape index (κ3) is 4.69. The van der Waals surface area contributed by atoms with Gasteiger partial charge < -0.3 is 20.6 Å². The van der Waals surface area contributed by atoms with Gasteiger partial charge in [0.15, 0.2) is 0 Å². The molecule has 0 bridgehead atoms. The number of aliphatic hydroxyl groups excluding tert-OH is 3. The highest BCUT2D eigenvalue weighted by Crippen LogP contribution is 2.34. The molecule has 0 unspecified atom stereocenters. The lowest BCUT2D eigenvalue weighted by Gasteiger charge is -2.15. The number of benzene rings is 1. The SMILES string of the molecule is [CH2][C@@H]1C[C@@H](Nc2ncncc2C(=O)c2cc([C@@H](O)c3cccc(Cl)c3)c(CO)s2)C[C@@H]1O. The molecule has 1 aliphatic rings. The fourth-order valence-corrected chi connectivity index (χ4v) is 5.13. The van der Waals surface area contributed by atoms with E-state index in [1.807, 2.05) is 0 Å². The first-order valence-electron chi connectivity index (χ1n) is 10.2. The van der Waals surface area contributed by atoms with Crippen molar-refractivity contribution >= 4 is 34.5 Å². The van der Waals surface area contributed by atoms with Crippen LogP contribution in [0.4, 0.5) is 5.82 Å². The molecular weight excluding hydrogens is 450 g/mol. The largest absolute Gasteiger partial charge is 0.393 e. The first-order valence-corrected chi connectivity index (χ1v) is 11.4. The standard InChI is InChI=1S/C23H23ClN3O4S/c1-12-5-15(7-18(12)29)27-23-17(9-25-11-26-23)22(31)19-8-16(20(10-28)32-19)21(30)13-3-2-4-14(24)6-13/h2-4,6,8-9,11-12,15,18,21,28-30H,1,5,7,10H2,(H,25,26,27)/t12-,15-,18+,21+/m1/s1. The van der Waals surface area contributed by atoms with Crippen LogP contribution in [0.5, 0.6) is 0 Å². The van der Waals surface area contributed by atoms with Gasteiger partial charge in [0.1, 0.15) is 18.2 Å². The zero-order chi connectivity index (χ0) is 22.8. The maximum Gasteiger partial charge on any atom is 0.208 e. The Labute approximate surface area is 194 Å². The number of hydrogen-bond donors (Lipinski definition) is 4. The average Bonchev–Trinajstić information content (AvgIpc) is 3.36. The van der Waals surface area contributed by atoms with Crippen molar-refractivity contribution in [2.75, 3.05) is 5.32 Å². The maximum absolute atomic E-state index is 13.3. The van der Waals surface area contributed by atoms with E-state index in [0.717, 1.165) is 11.3 Å². The Morgan fingerprint density at radius 3 is 2.84 bits per heavy atom. The van der Waals surface area contributed by atoms with Gasteiger partial charge in [0, 0.05) is 27.7 Å². The quantitative estimate of drug-likeness (QED) is 0.389. The van der Waals surface area contributed by atoms with E-state index in [4.69, 9.17) is 11.6 Å². The van der Waals surface area contributed by atoms with E-state index < -0.39 is 12.2 Å². The Hall–Kier alpha value is -2.36. The molecule has 3 aromatic rings. The van der Waals surface area contributed by atoms with E-state index in [1.54, 1.807) is 30.3 Å². The minimum absolute atomic E-state index is 0.0505. The second-order valence-corrected chi connectivity index (χ2v) is 9.43. The van der Waals surface area contributed by atoms with Crippen molar-refractivity contribution in [3.8, 4) is 0 Å². The van der Waals surface area contributed by atoms with E-state index in [9.17, 15) is 20.1 Å². The molecule has 1 aromatic carbocycles. The van der Waals surface area contributed by atoms with Crippen LogP contribution in [0.3, 0.4) is 0 Å². The number of nitrogens with one attached hydrogen (secondary N) is 1. The zero-order valence-corrected chi connectivity index (χ0v) is 18.7. The highest BCUT2D eigenvalue weighted by Gasteiger charge is 2.31. The van der Waals surface area contributed by atoms with Crippen LogP contribution in [0.1, 0.15) is 50.2 Å². The van der Waals surface area contributed by atoms with Crippen LogP contribution in [0.15, 0.2) is 42.9 Å². The van der Waals surface area contributed by atoms with E-state index in [0.29, 0.717) is 44.6 Å². The fraction of sp³-hybridized carbons (Fsp3) is 0.304. The van der Waals surface area contributed by atoms with Crippen LogP contribution in [0.25, 0.3) is 0 Å². The number of rotatable bonds is 7. The first-order chi connectivity index (χ1) is 15.4. The normalized spacial score (nSPS) is 21.5. The number of nitrogens with zero attached hydrogens (tertiary/aromatic N) is 2. The molecule has 9 heteroatoms. The number of carbonyl (C=O) groups is 1. The average molecular weight is 473 g/mol. The molecule has 2 aromatic heterocycles. The summed E-state index contributed by atoms with van der Waals surface area (Å²) in [5.74, 6) is -0.0114. The number of hydrogen-bond acceptors (Lipinski definition) is 8. The van der Waals surface area contributed by atoms with Crippen LogP contribution in [-0.2, 0) is 6.61 Å². The number of halogens is 1. The summed E-state index contributed by atoms with van der Waals surface area (Å²) in [5, 5.41) is 34.4. The lowest BCUT2D eigenvalue weighted by atomic mass is 10.0. The molecule has 1 aliphatic carbocycles. The summed E-state index contributed by atoms with van der Waals surface area (Å²) in [7, 11) is 0. The predicted octanol–water partition coefficient (Wildman–Crippen LogP) is 3.38. The molecule has 32 heavy (non-hydrogen) atoms. The van der Waals surface area contributed by atoms with Crippen LogP contribution in [-0.4, -0.2) is 43.2 Å². The molecule has 0 aliphatic heterocycles. The maximum atomic E-state index is 13.3. The summed E-state index contributed by atoms with van der Waals surface area (Å²) < 4.78 is 0. The molecule has 4 rings (SSSR count). The van der Waals surface area contributed by atoms with Crippen molar-refractivity contribution in [2.24, 2.45) is 5.92 Å². The Balaban J connectivity index is 1.62. The van der Waals surface area contributed by atoms with Crippen molar-refractivity contribution in [3.05, 3.63) is 81.2 Å². The molecule has 1 radical (unpaired) electrons. The molecule has 0 amide bonds. The highest BCUT2D eigenvalue weighted by atomic mass is 35.5. The van der Waals surface area contributed by atoms with Gasteiger partial charge >= 0.3 is 0 Å². The number of aromatic nitrogens is 2. The van der Waals surface area contributed by atoms with E-state index in [2.05, 4.69) is 22.2 Å². The van der Waals surface area contributed by atoms with Gasteiger partial charge in [-0.15, -0.1) is 11.3 Å². The van der Waals surface area contributed by atoms with Gasteiger partial charge in [-0.25, -0.2) is 9.97 Å². The van der Waals surface area contributed by atoms with Gasteiger partial charge in [-0.2, -0.15) is 0 Å². The summed E-state index contributed by atoms with van der Waals surface area (Å²) in [6, 6.07) is 8.35. The fourth-order valence-electron chi connectivity index (χ4n) is 3.92. The molecule has 167 valence electrons. The Bertz CT molecular complexity index is 1110. The minimum atomic E-state index is -1.03. The summed E-state index contributed by atoms with van der Waals surface area (Å²) in [6.45, 7) is 3.63. The summed E-state index contributed by atoms with van der Waals surface area (Å²) in [6.07, 6.45) is 2.46. The Morgan fingerprint density at radius 2 is 2.16 bits per heavy atom. The van der Waals surface area contributed by atoms with Gasteiger partial charge in [-0.1, -0.05) is 23.7 Å². The molecule has 1 fully saturated rings. The van der Waals surface area contributed by atoms with Gasteiger partial charge in [0.25, 0.3) is 0 Å². The monoisotopic (exact) mass is 472 g/mol. The van der Waals surface area contributed by atoms with Crippen LogP contribution in [0, 0.1) is 12.8 Å². The number of thiophene rings is 1. The molecule has 0 saturated heterocycles. The molecule has 1 saturated carbocycles. The van der Waals surface area contributed by atoms with Crippen molar-refractivity contribution in [3.63, 3.8) is 0 Å². The van der Waals surface area contributed by atoms with Gasteiger partial charge in [0.05, 0.1) is 23.2 Å².